The van der Waals surface area contributed by atoms with Crippen molar-refractivity contribution < 1.29 is 18.6 Å². The molecule has 6 nitrogen and oxygen atoms in total. The number of hydrogen-bond acceptors (Lipinski definition) is 5. The summed E-state index contributed by atoms with van der Waals surface area (Å²) in [6.07, 6.45) is 5.41. The number of aromatic nitrogens is 3. The highest BCUT2D eigenvalue weighted by atomic mass is 19.1. The highest BCUT2D eigenvalue weighted by molar-refractivity contribution is 5.74. The number of imidazole rings is 1. The number of para-hydroxylation sites is 1. The summed E-state index contributed by atoms with van der Waals surface area (Å²) in [7, 11) is 0. The molecule has 0 atom stereocenters. The molecule has 1 aliphatic rings. The molecule has 0 N–H and O–H groups in total. The third-order valence-corrected chi connectivity index (χ3v) is 4.27. The van der Waals surface area contributed by atoms with Crippen molar-refractivity contribution in [2.45, 2.75) is 6.61 Å². The van der Waals surface area contributed by atoms with E-state index in [2.05, 4.69) is 9.97 Å². The molecular weight excluding hydrogens is 349 g/mol. The molecule has 1 aliphatic heterocycles. The molecule has 5 rings (SSSR count). The summed E-state index contributed by atoms with van der Waals surface area (Å²) >= 11 is 0. The standard InChI is InChI=1S/C20H14FN3O3/c21-17-7-6-16(18-19(17)27-12-26-18)13-8-22-20-23-14(10-24(20)9-13)11-25-15-4-2-1-3-5-15/h1-10H,11-12H2. The minimum absolute atomic E-state index is 0.00495. The second-order valence-corrected chi connectivity index (χ2v) is 6.04. The lowest BCUT2D eigenvalue weighted by molar-refractivity contribution is 0.171. The normalized spacial score (nSPS) is 12.5. The summed E-state index contributed by atoms with van der Waals surface area (Å²) in [5.41, 5.74) is 2.25. The van der Waals surface area contributed by atoms with Gasteiger partial charge in [0.2, 0.25) is 18.3 Å². The van der Waals surface area contributed by atoms with Crippen LogP contribution in [0.2, 0.25) is 0 Å². The Morgan fingerprint density at radius 1 is 1.04 bits per heavy atom. The van der Waals surface area contributed by atoms with Crippen molar-refractivity contribution in [3.8, 4) is 28.4 Å². The van der Waals surface area contributed by atoms with Crippen molar-refractivity contribution in [2.24, 2.45) is 0 Å². The van der Waals surface area contributed by atoms with Gasteiger partial charge in [-0.2, -0.15) is 0 Å². The van der Waals surface area contributed by atoms with E-state index >= 15 is 0 Å². The van der Waals surface area contributed by atoms with Crippen molar-refractivity contribution in [3.05, 3.63) is 72.6 Å². The van der Waals surface area contributed by atoms with Crippen LogP contribution >= 0.6 is 0 Å². The summed E-state index contributed by atoms with van der Waals surface area (Å²) in [6.45, 7) is 0.344. The summed E-state index contributed by atoms with van der Waals surface area (Å²) < 4.78 is 32.0. The maximum absolute atomic E-state index is 13.8. The lowest BCUT2D eigenvalue weighted by atomic mass is 10.1. The number of fused-ring (bicyclic) bond motifs is 2. The van der Waals surface area contributed by atoms with Crippen molar-refractivity contribution >= 4 is 5.78 Å². The number of halogens is 1. The van der Waals surface area contributed by atoms with Gasteiger partial charge in [0.15, 0.2) is 11.6 Å². The van der Waals surface area contributed by atoms with Crippen LogP contribution in [0, 0.1) is 5.82 Å². The Hall–Kier alpha value is -3.61. The minimum atomic E-state index is -0.441. The van der Waals surface area contributed by atoms with Gasteiger partial charge in [0.05, 0.1) is 5.69 Å². The van der Waals surface area contributed by atoms with Crippen LogP contribution in [0.1, 0.15) is 5.69 Å². The van der Waals surface area contributed by atoms with Crippen LogP contribution in [0.4, 0.5) is 4.39 Å². The predicted molar refractivity (Wildman–Crippen MR) is 95.3 cm³/mol. The molecule has 7 heteroatoms. The number of rotatable bonds is 4. The topological polar surface area (TPSA) is 57.9 Å². The van der Waals surface area contributed by atoms with Crippen LogP contribution in [0.5, 0.6) is 17.2 Å². The number of hydrogen-bond donors (Lipinski definition) is 0. The molecule has 0 spiro atoms. The van der Waals surface area contributed by atoms with E-state index < -0.39 is 5.82 Å². The molecule has 0 bridgehead atoms. The molecule has 2 aromatic heterocycles. The molecule has 0 aliphatic carbocycles. The average Bonchev–Trinajstić information content (AvgIpc) is 3.34. The van der Waals surface area contributed by atoms with E-state index in [-0.39, 0.29) is 12.5 Å². The summed E-state index contributed by atoms with van der Waals surface area (Å²) in [6, 6.07) is 12.6. The lowest BCUT2D eigenvalue weighted by Crippen LogP contribution is -1.94. The SMILES string of the molecule is Fc1ccc(-c2cnc3nc(COc4ccccc4)cn3c2)c2c1OCO2. The van der Waals surface area contributed by atoms with Gasteiger partial charge in [-0.05, 0) is 24.3 Å². The Bertz CT molecular complexity index is 1130. The van der Waals surface area contributed by atoms with Gasteiger partial charge in [-0.15, -0.1) is 0 Å². The second kappa shape index (κ2) is 6.28. The van der Waals surface area contributed by atoms with Gasteiger partial charge in [0, 0.05) is 29.7 Å². The van der Waals surface area contributed by atoms with Gasteiger partial charge in [-0.25, -0.2) is 14.4 Å². The van der Waals surface area contributed by atoms with E-state index in [0.29, 0.717) is 23.7 Å². The van der Waals surface area contributed by atoms with Gasteiger partial charge >= 0.3 is 0 Å². The Morgan fingerprint density at radius 3 is 2.78 bits per heavy atom. The van der Waals surface area contributed by atoms with Crippen molar-refractivity contribution in [3.63, 3.8) is 0 Å². The van der Waals surface area contributed by atoms with Gasteiger partial charge in [-0.3, -0.25) is 4.40 Å². The maximum Gasteiger partial charge on any atom is 0.234 e. The molecule has 0 amide bonds. The molecule has 0 radical (unpaired) electrons. The summed E-state index contributed by atoms with van der Waals surface area (Å²) in [5, 5.41) is 0. The molecule has 27 heavy (non-hydrogen) atoms. The van der Waals surface area contributed by atoms with Crippen LogP contribution in [0.3, 0.4) is 0 Å². The molecule has 134 valence electrons. The highest BCUT2D eigenvalue weighted by Gasteiger charge is 2.23. The molecule has 4 aromatic rings. The summed E-state index contributed by atoms with van der Waals surface area (Å²) in [4.78, 5) is 8.85. The van der Waals surface area contributed by atoms with E-state index in [9.17, 15) is 4.39 Å². The van der Waals surface area contributed by atoms with Gasteiger partial charge in [0.1, 0.15) is 12.4 Å². The van der Waals surface area contributed by atoms with Crippen molar-refractivity contribution in [1.82, 2.24) is 14.4 Å². The van der Waals surface area contributed by atoms with Gasteiger partial charge < -0.3 is 14.2 Å². The number of benzene rings is 2. The molecule has 0 fully saturated rings. The first-order valence-electron chi connectivity index (χ1n) is 8.38. The largest absolute Gasteiger partial charge is 0.487 e. The zero-order valence-corrected chi connectivity index (χ0v) is 14.1. The van der Waals surface area contributed by atoms with Crippen molar-refractivity contribution in [2.75, 3.05) is 6.79 Å². The minimum Gasteiger partial charge on any atom is -0.487 e. The Balaban J connectivity index is 1.45. The quantitative estimate of drug-likeness (QED) is 0.551. The van der Waals surface area contributed by atoms with Crippen LogP contribution in [0.25, 0.3) is 16.9 Å². The first-order chi connectivity index (χ1) is 13.3. The van der Waals surface area contributed by atoms with E-state index in [4.69, 9.17) is 14.2 Å². The second-order valence-electron chi connectivity index (χ2n) is 6.04. The lowest BCUT2D eigenvalue weighted by Gasteiger charge is -2.06. The zero-order chi connectivity index (χ0) is 18.2. The van der Waals surface area contributed by atoms with E-state index in [0.717, 1.165) is 17.0 Å². The number of nitrogens with zero attached hydrogens (tertiary/aromatic N) is 3. The fourth-order valence-corrected chi connectivity index (χ4v) is 3.01. The summed E-state index contributed by atoms with van der Waals surface area (Å²) in [5.74, 6) is 1.42. The van der Waals surface area contributed by atoms with E-state index in [1.807, 2.05) is 47.1 Å². The third kappa shape index (κ3) is 2.83. The van der Waals surface area contributed by atoms with Crippen LogP contribution in [0.15, 0.2) is 61.1 Å². The molecule has 0 saturated heterocycles. The molecule has 0 unspecified atom stereocenters. The smallest absolute Gasteiger partial charge is 0.234 e. The Kier molecular flexibility index (Phi) is 3.64. The molecule has 0 saturated carbocycles. The highest BCUT2D eigenvalue weighted by Crippen LogP contribution is 2.42. The van der Waals surface area contributed by atoms with Gasteiger partial charge in [0.25, 0.3) is 0 Å². The maximum atomic E-state index is 13.8. The zero-order valence-electron chi connectivity index (χ0n) is 14.1. The first-order valence-corrected chi connectivity index (χ1v) is 8.38. The molecular formula is C20H14FN3O3. The monoisotopic (exact) mass is 363 g/mol. The predicted octanol–water partition coefficient (Wildman–Crippen LogP) is 3.84. The van der Waals surface area contributed by atoms with Crippen LogP contribution < -0.4 is 14.2 Å². The van der Waals surface area contributed by atoms with Crippen LogP contribution in [-0.2, 0) is 6.61 Å². The number of ether oxygens (including phenoxy) is 3. The van der Waals surface area contributed by atoms with E-state index in [1.165, 1.54) is 6.07 Å². The van der Waals surface area contributed by atoms with Crippen molar-refractivity contribution in [1.29, 1.82) is 0 Å². The fraction of sp³-hybridized carbons (Fsp3) is 0.100. The van der Waals surface area contributed by atoms with Crippen LogP contribution in [-0.4, -0.2) is 21.2 Å². The Labute approximate surface area is 153 Å². The van der Waals surface area contributed by atoms with Gasteiger partial charge in [-0.1, -0.05) is 18.2 Å². The fourth-order valence-electron chi connectivity index (χ4n) is 3.01. The average molecular weight is 363 g/mol. The van der Waals surface area contributed by atoms with E-state index in [1.54, 1.807) is 12.3 Å². The third-order valence-electron chi connectivity index (χ3n) is 4.27. The first kappa shape index (κ1) is 15.6. The Morgan fingerprint density at radius 2 is 1.89 bits per heavy atom. The molecule has 3 heterocycles. The molecule has 2 aromatic carbocycles.